The van der Waals surface area contributed by atoms with Gasteiger partial charge in [-0.1, -0.05) is 36.4 Å². The van der Waals surface area contributed by atoms with E-state index in [0.29, 0.717) is 31.1 Å². The van der Waals surface area contributed by atoms with Crippen molar-refractivity contribution in [3.63, 3.8) is 0 Å². The molecule has 0 bridgehead atoms. The molecule has 3 aromatic rings. The van der Waals surface area contributed by atoms with Gasteiger partial charge in [-0.3, -0.25) is 14.7 Å². The highest BCUT2D eigenvalue weighted by Gasteiger charge is 2.23. The zero-order valence-corrected chi connectivity index (χ0v) is 16.2. The van der Waals surface area contributed by atoms with Crippen LogP contribution in [0.5, 0.6) is 0 Å². The van der Waals surface area contributed by atoms with Crippen LogP contribution in [0.1, 0.15) is 21.7 Å². The Bertz CT molecular complexity index is 909. The number of pyridine rings is 1. The molecule has 1 saturated heterocycles. The van der Waals surface area contributed by atoms with E-state index in [9.17, 15) is 4.79 Å². The molecular weight excluding hydrogens is 364 g/mol. The molecule has 4 rings (SSSR count). The summed E-state index contributed by atoms with van der Waals surface area (Å²) in [5.74, 6) is 0.563. The zero-order chi connectivity index (χ0) is 19.9. The highest BCUT2D eigenvalue weighted by atomic mass is 16.2. The van der Waals surface area contributed by atoms with Gasteiger partial charge in [0.15, 0.2) is 5.69 Å². The molecule has 148 valence electrons. The fourth-order valence-electron chi connectivity index (χ4n) is 3.34. The summed E-state index contributed by atoms with van der Waals surface area (Å²) in [5, 5.41) is 11.4. The average Bonchev–Trinajstić information content (AvgIpc) is 2.79. The van der Waals surface area contributed by atoms with Gasteiger partial charge in [0.1, 0.15) is 5.82 Å². The minimum absolute atomic E-state index is 0.0619. The number of nitrogens with zero attached hydrogens (tertiary/aromatic N) is 5. The molecular formula is C22H24N6O. The molecule has 29 heavy (non-hydrogen) atoms. The molecule has 0 spiro atoms. The van der Waals surface area contributed by atoms with E-state index in [2.05, 4.69) is 49.7 Å². The summed E-state index contributed by atoms with van der Waals surface area (Å²) >= 11 is 0. The first-order valence-electron chi connectivity index (χ1n) is 9.81. The molecule has 1 aliphatic heterocycles. The number of rotatable bonds is 6. The molecule has 0 aliphatic carbocycles. The van der Waals surface area contributed by atoms with Crippen LogP contribution >= 0.6 is 0 Å². The van der Waals surface area contributed by atoms with Gasteiger partial charge >= 0.3 is 0 Å². The molecule has 0 unspecified atom stereocenters. The van der Waals surface area contributed by atoms with Gasteiger partial charge in [-0.05, 0) is 29.8 Å². The predicted molar refractivity (Wildman–Crippen MR) is 111 cm³/mol. The van der Waals surface area contributed by atoms with Crippen molar-refractivity contribution < 1.29 is 4.79 Å². The lowest BCUT2D eigenvalue weighted by atomic mass is 10.2. The van der Waals surface area contributed by atoms with E-state index in [1.807, 2.05) is 29.2 Å². The number of anilines is 1. The average molecular weight is 388 g/mol. The largest absolute Gasteiger partial charge is 0.363 e. The van der Waals surface area contributed by atoms with Gasteiger partial charge in [0.25, 0.3) is 5.91 Å². The quantitative estimate of drug-likeness (QED) is 0.699. The molecule has 1 aromatic carbocycles. The highest BCUT2D eigenvalue weighted by molar-refractivity contribution is 5.92. The van der Waals surface area contributed by atoms with Crippen LogP contribution < -0.4 is 5.32 Å². The SMILES string of the molecule is O=C(c1ccc(NCc2ccccn2)nn1)N1CCN(Cc2ccccc2)CC1. The Balaban J connectivity index is 1.27. The van der Waals surface area contributed by atoms with Crippen LogP contribution in [0.25, 0.3) is 0 Å². The van der Waals surface area contributed by atoms with Crippen LogP contribution in [0, 0.1) is 0 Å². The number of amides is 1. The van der Waals surface area contributed by atoms with E-state index in [1.54, 1.807) is 18.3 Å². The van der Waals surface area contributed by atoms with Crippen LogP contribution in [0.4, 0.5) is 5.82 Å². The van der Waals surface area contributed by atoms with Crippen molar-refractivity contribution in [2.45, 2.75) is 13.1 Å². The van der Waals surface area contributed by atoms with E-state index in [-0.39, 0.29) is 5.91 Å². The Hall–Kier alpha value is -3.32. The van der Waals surface area contributed by atoms with E-state index in [1.165, 1.54) is 5.56 Å². The fraction of sp³-hybridized carbons (Fsp3) is 0.273. The predicted octanol–water partition coefficient (Wildman–Crippen LogP) is 2.44. The van der Waals surface area contributed by atoms with Crippen molar-refractivity contribution in [2.75, 3.05) is 31.5 Å². The summed E-state index contributed by atoms with van der Waals surface area (Å²) in [6.07, 6.45) is 1.75. The molecule has 1 aliphatic rings. The summed E-state index contributed by atoms with van der Waals surface area (Å²) in [6, 6.07) is 19.7. The normalized spacial score (nSPS) is 14.6. The molecule has 0 atom stereocenters. The number of aromatic nitrogens is 3. The number of carbonyl (C=O) groups excluding carboxylic acids is 1. The van der Waals surface area contributed by atoms with Crippen molar-refractivity contribution in [2.24, 2.45) is 0 Å². The minimum atomic E-state index is -0.0619. The summed E-state index contributed by atoms with van der Waals surface area (Å²) in [5.41, 5.74) is 2.60. The Kier molecular flexibility index (Phi) is 6.07. The van der Waals surface area contributed by atoms with Crippen molar-refractivity contribution in [1.82, 2.24) is 25.0 Å². The second kappa shape index (κ2) is 9.25. The number of piperazine rings is 1. The van der Waals surface area contributed by atoms with Gasteiger partial charge < -0.3 is 10.2 Å². The first kappa shape index (κ1) is 19.0. The lowest BCUT2D eigenvalue weighted by Crippen LogP contribution is -2.48. The number of carbonyl (C=O) groups is 1. The van der Waals surface area contributed by atoms with Crippen molar-refractivity contribution in [3.8, 4) is 0 Å². The van der Waals surface area contributed by atoms with Crippen LogP contribution in [-0.4, -0.2) is 57.1 Å². The third kappa shape index (κ3) is 5.14. The summed E-state index contributed by atoms with van der Waals surface area (Å²) in [7, 11) is 0. The summed E-state index contributed by atoms with van der Waals surface area (Å²) < 4.78 is 0. The van der Waals surface area contributed by atoms with E-state index >= 15 is 0 Å². The fourth-order valence-corrected chi connectivity index (χ4v) is 3.34. The topological polar surface area (TPSA) is 74.2 Å². The van der Waals surface area contributed by atoms with Crippen LogP contribution in [0.2, 0.25) is 0 Å². The maximum absolute atomic E-state index is 12.7. The van der Waals surface area contributed by atoms with Gasteiger partial charge in [-0.25, -0.2) is 0 Å². The number of hydrogen-bond acceptors (Lipinski definition) is 6. The maximum Gasteiger partial charge on any atom is 0.274 e. The zero-order valence-electron chi connectivity index (χ0n) is 16.2. The minimum Gasteiger partial charge on any atom is -0.363 e. The highest BCUT2D eigenvalue weighted by Crippen LogP contribution is 2.11. The molecule has 2 aromatic heterocycles. The van der Waals surface area contributed by atoms with Crippen molar-refractivity contribution >= 4 is 11.7 Å². The van der Waals surface area contributed by atoms with E-state index in [4.69, 9.17) is 0 Å². The molecule has 1 amide bonds. The number of nitrogens with one attached hydrogen (secondary N) is 1. The third-order valence-electron chi connectivity index (χ3n) is 4.97. The monoisotopic (exact) mass is 388 g/mol. The van der Waals surface area contributed by atoms with E-state index < -0.39 is 0 Å². The standard InChI is InChI=1S/C22H24N6O/c29-22(28-14-12-27(13-15-28)17-18-6-2-1-3-7-18)20-9-10-21(26-25-20)24-16-19-8-4-5-11-23-19/h1-11H,12-17H2,(H,24,26). The second-order valence-corrected chi connectivity index (χ2v) is 7.03. The van der Waals surface area contributed by atoms with Gasteiger partial charge in [0.05, 0.1) is 12.2 Å². The number of hydrogen-bond donors (Lipinski definition) is 1. The van der Waals surface area contributed by atoms with Gasteiger partial charge in [0, 0.05) is 38.9 Å². The molecule has 0 saturated carbocycles. The van der Waals surface area contributed by atoms with Crippen LogP contribution in [-0.2, 0) is 13.1 Å². The van der Waals surface area contributed by atoms with Gasteiger partial charge in [0.2, 0.25) is 0 Å². The Morgan fingerprint density at radius 1 is 0.897 bits per heavy atom. The van der Waals surface area contributed by atoms with Crippen molar-refractivity contribution in [3.05, 3.63) is 83.8 Å². The summed E-state index contributed by atoms with van der Waals surface area (Å²) in [6.45, 7) is 4.60. The maximum atomic E-state index is 12.7. The van der Waals surface area contributed by atoms with E-state index in [0.717, 1.165) is 25.3 Å². The van der Waals surface area contributed by atoms with Crippen LogP contribution in [0.3, 0.4) is 0 Å². The smallest absolute Gasteiger partial charge is 0.274 e. The Morgan fingerprint density at radius 3 is 2.38 bits per heavy atom. The number of benzene rings is 1. The summed E-state index contributed by atoms with van der Waals surface area (Å²) in [4.78, 5) is 21.2. The molecule has 0 radical (unpaired) electrons. The Labute approximate surface area is 170 Å². The van der Waals surface area contributed by atoms with Gasteiger partial charge in [-0.2, -0.15) is 0 Å². The lowest BCUT2D eigenvalue weighted by molar-refractivity contribution is 0.0621. The molecule has 3 heterocycles. The molecule has 1 fully saturated rings. The van der Waals surface area contributed by atoms with Crippen molar-refractivity contribution in [1.29, 1.82) is 0 Å². The first-order valence-corrected chi connectivity index (χ1v) is 9.81. The van der Waals surface area contributed by atoms with Crippen LogP contribution in [0.15, 0.2) is 66.9 Å². The van der Waals surface area contributed by atoms with Gasteiger partial charge in [-0.15, -0.1) is 10.2 Å². The first-order chi connectivity index (χ1) is 14.3. The molecule has 7 nitrogen and oxygen atoms in total. The lowest BCUT2D eigenvalue weighted by Gasteiger charge is -2.34. The Morgan fingerprint density at radius 2 is 1.69 bits per heavy atom. The second-order valence-electron chi connectivity index (χ2n) is 7.03. The third-order valence-corrected chi connectivity index (χ3v) is 4.97. The molecule has 1 N–H and O–H groups in total. The molecule has 7 heteroatoms.